The zero-order valence-corrected chi connectivity index (χ0v) is 13.5. The first-order chi connectivity index (χ1) is 10.4. The fourth-order valence-corrected chi connectivity index (χ4v) is 3.53. The van der Waals surface area contributed by atoms with E-state index in [9.17, 15) is 0 Å². The number of aromatic amines is 1. The normalized spacial score (nSPS) is 23.4. The predicted octanol–water partition coefficient (Wildman–Crippen LogP) is 3.09. The van der Waals surface area contributed by atoms with E-state index < -0.39 is 0 Å². The molecule has 6 heteroatoms. The Morgan fingerprint density at radius 3 is 2.77 bits per heavy atom. The summed E-state index contributed by atoms with van der Waals surface area (Å²) in [5.74, 6) is 1.57. The number of halogens is 1. The van der Waals surface area contributed by atoms with Gasteiger partial charge in [0.1, 0.15) is 11.9 Å². The Labute approximate surface area is 136 Å². The topological polar surface area (TPSA) is 62.8 Å². The SMILES string of the molecule is Cl.c1cc(C2CCNCC2)c2[nH]c(C3CCCCO3)nc2n1. The molecule has 0 spiro atoms. The van der Waals surface area contributed by atoms with E-state index in [2.05, 4.69) is 26.3 Å². The van der Waals surface area contributed by atoms with Crippen LogP contribution in [0, 0.1) is 0 Å². The Kier molecular flexibility index (Phi) is 4.96. The molecule has 2 N–H and O–H groups in total. The number of nitrogens with zero attached hydrogens (tertiary/aromatic N) is 2. The average molecular weight is 323 g/mol. The molecule has 120 valence electrons. The van der Waals surface area contributed by atoms with Crippen molar-refractivity contribution in [2.75, 3.05) is 19.7 Å². The molecule has 0 aliphatic carbocycles. The van der Waals surface area contributed by atoms with Gasteiger partial charge in [0.15, 0.2) is 5.65 Å². The van der Waals surface area contributed by atoms with E-state index in [4.69, 9.17) is 4.74 Å². The summed E-state index contributed by atoms with van der Waals surface area (Å²) in [4.78, 5) is 12.6. The van der Waals surface area contributed by atoms with Gasteiger partial charge in [-0.2, -0.15) is 0 Å². The maximum Gasteiger partial charge on any atom is 0.178 e. The number of hydrogen-bond donors (Lipinski definition) is 2. The zero-order chi connectivity index (χ0) is 14.1. The first-order valence-corrected chi connectivity index (χ1v) is 8.08. The van der Waals surface area contributed by atoms with Gasteiger partial charge in [-0.3, -0.25) is 0 Å². The Hall–Kier alpha value is -1.17. The number of pyridine rings is 1. The second-order valence-corrected chi connectivity index (χ2v) is 6.10. The van der Waals surface area contributed by atoms with Crippen molar-refractivity contribution in [1.29, 1.82) is 0 Å². The van der Waals surface area contributed by atoms with Crippen molar-refractivity contribution in [3.63, 3.8) is 0 Å². The number of aromatic nitrogens is 3. The molecule has 0 aromatic carbocycles. The number of ether oxygens (including phenoxy) is 1. The zero-order valence-electron chi connectivity index (χ0n) is 12.7. The minimum absolute atomic E-state index is 0. The van der Waals surface area contributed by atoms with Gasteiger partial charge >= 0.3 is 0 Å². The molecule has 4 rings (SSSR count). The molecular weight excluding hydrogens is 300 g/mol. The molecule has 2 aliphatic heterocycles. The summed E-state index contributed by atoms with van der Waals surface area (Å²) >= 11 is 0. The molecule has 0 bridgehead atoms. The minimum atomic E-state index is 0. The van der Waals surface area contributed by atoms with Crippen molar-refractivity contribution >= 4 is 23.6 Å². The Bertz CT molecular complexity index is 618. The van der Waals surface area contributed by atoms with Gasteiger partial charge < -0.3 is 15.0 Å². The predicted molar refractivity (Wildman–Crippen MR) is 88.5 cm³/mol. The van der Waals surface area contributed by atoms with E-state index in [1.54, 1.807) is 0 Å². The average Bonchev–Trinajstić information content (AvgIpc) is 3.00. The Balaban J connectivity index is 0.00000144. The van der Waals surface area contributed by atoms with Crippen molar-refractivity contribution < 1.29 is 4.74 Å². The third-order valence-corrected chi connectivity index (χ3v) is 4.71. The highest BCUT2D eigenvalue weighted by Crippen LogP contribution is 2.32. The molecule has 5 nitrogen and oxygen atoms in total. The van der Waals surface area contributed by atoms with Crippen LogP contribution in [0.15, 0.2) is 12.3 Å². The van der Waals surface area contributed by atoms with Crippen LogP contribution >= 0.6 is 12.4 Å². The Morgan fingerprint density at radius 2 is 2.00 bits per heavy atom. The van der Waals surface area contributed by atoms with Crippen molar-refractivity contribution in [2.24, 2.45) is 0 Å². The monoisotopic (exact) mass is 322 g/mol. The van der Waals surface area contributed by atoms with Crippen LogP contribution in [0.3, 0.4) is 0 Å². The molecule has 2 aromatic rings. The molecule has 2 fully saturated rings. The molecule has 0 radical (unpaired) electrons. The molecule has 2 aromatic heterocycles. The van der Waals surface area contributed by atoms with Crippen molar-refractivity contribution in [2.45, 2.75) is 44.1 Å². The van der Waals surface area contributed by atoms with Gasteiger partial charge in [-0.1, -0.05) is 0 Å². The van der Waals surface area contributed by atoms with Crippen LogP contribution in [-0.2, 0) is 4.74 Å². The van der Waals surface area contributed by atoms with Crippen LogP contribution in [0.25, 0.3) is 11.2 Å². The number of H-pyrrole nitrogens is 1. The van der Waals surface area contributed by atoms with Crippen LogP contribution in [-0.4, -0.2) is 34.6 Å². The van der Waals surface area contributed by atoms with Crippen molar-refractivity contribution in [3.05, 3.63) is 23.7 Å². The summed E-state index contributed by atoms with van der Waals surface area (Å²) in [6.07, 6.45) is 7.83. The maximum atomic E-state index is 5.85. The Morgan fingerprint density at radius 1 is 1.14 bits per heavy atom. The van der Waals surface area contributed by atoms with Crippen LogP contribution in [0.2, 0.25) is 0 Å². The van der Waals surface area contributed by atoms with Gasteiger partial charge in [0.25, 0.3) is 0 Å². The van der Waals surface area contributed by atoms with E-state index in [0.717, 1.165) is 49.5 Å². The van der Waals surface area contributed by atoms with Crippen LogP contribution in [0.1, 0.15) is 55.5 Å². The third-order valence-electron chi connectivity index (χ3n) is 4.71. The second kappa shape index (κ2) is 6.94. The van der Waals surface area contributed by atoms with E-state index in [1.807, 2.05) is 6.20 Å². The number of piperidine rings is 1. The molecule has 22 heavy (non-hydrogen) atoms. The quantitative estimate of drug-likeness (QED) is 0.892. The molecule has 1 atom stereocenters. The molecule has 1 unspecified atom stereocenters. The number of fused-ring (bicyclic) bond motifs is 1. The molecule has 2 saturated heterocycles. The van der Waals surface area contributed by atoms with E-state index in [-0.39, 0.29) is 18.5 Å². The summed E-state index contributed by atoms with van der Waals surface area (Å²) in [7, 11) is 0. The number of imidazole rings is 1. The highest BCUT2D eigenvalue weighted by Gasteiger charge is 2.23. The summed E-state index contributed by atoms with van der Waals surface area (Å²) in [6.45, 7) is 3.04. The molecule has 0 amide bonds. The number of nitrogens with one attached hydrogen (secondary N) is 2. The summed E-state index contributed by atoms with van der Waals surface area (Å²) in [5.41, 5.74) is 3.33. The lowest BCUT2D eigenvalue weighted by molar-refractivity contribution is 0.0101. The van der Waals surface area contributed by atoms with Gasteiger partial charge in [0, 0.05) is 12.8 Å². The summed E-state index contributed by atoms with van der Waals surface area (Å²) in [5, 5.41) is 3.43. The lowest BCUT2D eigenvalue weighted by Crippen LogP contribution is -2.26. The van der Waals surface area contributed by atoms with Gasteiger partial charge in [-0.15, -0.1) is 12.4 Å². The third kappa shape index (κ3) is 2.98. The number of hydrogen-bond acceptors (Lipinski definition) is 4. The van der Waals surface area contributed by atoms with E-state index in [1.165, 1.54) is 24.8 Å². The lowest BCUT2D eigenvalue weighted by Gasteiger charge is -2.23. The smallest absolute Gasteiger partial charge is 0.178 e. The van der Waals surface area contributed by atoms with E-state index in [0.29, 0.717) is 5.92 Å². The van der Waals surface area contributed by atoms with Crippen LogP contribution in [0.4, 0.5) is 0 Å². The van der Waals surface area contributed by atoms with Gasteiger partial charge in [0.2, 0.25) is 0 Å². The van der Waals surface area contributed by atoms with E-state index >= 15 is 0 Å². The second-order valence-electron chi connectivity index (χ2n) is 6.10. The molecule has 4 heterocycles. The lowest BCUT2D eigenvalue weighted by atomic mass is 9.90. The number of rotatable bonds is 2. The largest absolute Gasteiger partial charge is 0.370 e. The van der Waals surface area contributed by atoms with Crippen LogP contribution < -0.4 is 5.32 Å². The standard InChI is InChI=1S/C16H22N4O.ClH/c1-2-10-21-13(3-1)15-19-14-12(6-9-18-16(14)20-15)11-4-7-17-8-5-11;/h6,9,11,13,17H,1-5,7-8,10H2,(H,18,19,20);1H. The first-order valence-electron chi connectivity index (χ1n) is 8.08. The fraction of sp³-hybridized carbons (Fsp3) is 0.625. The van der Waals surface area contributed by atoms with Gasteiger partial charge in [-0.05, 0) is 62.7 Å². The summed E-state index contributed by atoms with van der Waals surface area (Å²) < 4.78 is 5.85. The van der Waals surface area contributed by atoms with Gasteiger partial charge in [0.05, 0.1) is 5.52 Å². The van der Waals surface area contributed by atoms with Crippen LogP contribution in [0.5, 0.6) is 0 Å². The highest BCUT2D eigenvalue weighted by atomic mass is 35.5. The highest BCUT2D eigenvalue weighted by molar-refractivity contribution is 5.85. The fourth-order valence-electron chi connectivity index (χ4n) is 3.53. The minimum Gasteiger partial charge on any atom is -0.370 e. The first kappa shape index (κ1) is 15.7. The van der Waals surface area contributed by atoms with Crippen molar-refractivity contribution in [3.8, 4) is 0 Å². The maximum absolute atomic E-state index is 5.85. The molecule has 2 aliphatic rings. The van der Waals surface area contributed by atoms with Gasteiger partial charge in [-0.25, -0.2) is 9.97 Å². The summed E-state index contributed by atoms with van der Waals surface area (Å²) in [6, 6.07) is 2.15. The van der Waals surface area contributed by atoms with Crippen molar-refractivity contribution in [1.82, 2.24) is 20.3 Å². The molecular formula is C16H23ClN4O. The molecule has 0 saturated carbocycles.